The SMILES string of the molecule is CC1C=CN(N(C)C)C2=C1C(=O)C1=C(C2=O)N(N(C)C)C=CC1C. The van der Waals surface area contributed by atoms with Crippen LogP contribution in [-0.4, -0.2) is 59.8 Å². The van der Waals surface area contributed by atoms with Gasteiger partial charge >= 0.3 is 0 Å². The van der Waals surface area contributed by atoms with Crippen LogP contribution in [-0.2, 0) is 9.59 Å². The Hall–Kier alpha value is -2.18. The third-order valence-electron chi connectivity index (χ3n) is 4.69. The molecule has 0 saturated heterocycles. The molecule has 24 heavy (non-hydrogen) atoms. The van der Waals surface area contributed by atoms with Gasteiger partial charge in [0, 0.05) is 63.6 Å². The summed E-state index contributed by atoms with van der Waals surface area (Å²) in [6.07, 6.45) is 7.65. The Kier molecular flexibility index (Phi) is 3.97. The van der Waals surface area contributed by atoms with Gasteiger partial charge in [0.2, 0.25) is 5.78 Å². The molecule has 0 radical (unpaired) electrons. The van der Waals surface area contributed by atoms with E-state index in [1.165, 1.54) is 0 Å². The number of hydrazine groups is 2. The second-order valence-corrected chi connectivity index (χ2v) is 6.83. The van der Waals surface area contributed by atoms with Crippen LogP contribution in [0.25, 0.3) is 0 Å². The molecule has 6 nitrogen and oxygen atoms in total. The van der Waals surface area contributed by atoms with E-state index in [4.69, 9.17) is 0 Å². The Morgan fingerprint density at radius 2 is 1.12 bits per heavy atom. The molecule has 1 aliphatic carbocycles. The molecular formula is C18H24N4O2. The van der Waals surface area contributed by atoms with Crippen molar-refractivity contribution in [2.75, 3.05) is 28.2 Å². The van der Waals surface area contributed by atoms with Gasteiger partial charge in [-0.2, -0.15) is 0 Å². The normalized spacial score (nSPS) is 26.8. The highest BCUT2D eigenvalue weighted by Gasteiger charge is 2.44. The van der Waals surface area contributed by atoms with Crippen molar-refractivity contribution in [1.29, 1.82) is 0 Å². The summed E-state index contributed by atoms with van der Waals surface area (Å²) in [5.41, 5.74) is 2.12. The topological polar surface area (TPSA) is 47.1 Å². The van der Waals surface area contributed by atoms with Gasteiger partial charge in [0.15, 0.2) is 5.78 Å². The van der Waals surface area contributed by atoms with Crippen LogP contribution >= 0.6 is 0 Å². The lowest BCUT2D eigenvalue weighted by molar-refractivity contribution is -0.122. The van der Waals surface area contributed by atoms with E-state index in [2.05, 4.69) is 0 Å². The number of nitrogens with zero attached hydrogens (tertiary/aromatic N) is 4. The minimum absolute atomic E-state index is 0.0213. The minimum Gasteiger partial charge on any atom is -0.289 e. The average molecular weight is 328 g/mol. The van der Waals surface area contributed by atoms with Gasteiger partial charge in [-0.3, -0.25) is 19.6 Å². The number of Topliss-reactive ketones (excluding diaryl/α,β-unsaturated/α-hetero) is 2. The summed E-state index contributed by atoms with van der Waals surface area (Å²) in [5, 5.41) is 7.15. The first-order chi connectivity index (χ1) is 11.3. The number of ketones is 2. The predicted octanol–water partition coefficient (Wildman–Crippen LogP) is 1.53. The summed E-state index contributed by atoms with van der Waals surface area (Å²) in [4.78, 5) is 26.7. The van der Waals surface area contributed by atoms with E-state index in [-0.39, 0.29) is 23.4 Å². The maximum Gasteiger partial charge on any atom is 0.229 e. The largest absolute Gasteiger partial charge is 0.289 e. The van der Waals surface area contributed by atoms with Gasteiger partial charge in [-0.15, -0.1) is 0 Å². The van der Waals surface area contributed by atoms with Gasteiger partial charge in [-0.25, -0.2) is 10.0 Å². The summed E-state index contributed by atoms with van der Waals surface area (Å²) in [5.74, 6) is -0.276. The van der Waals surface area contributed by atoms with Crippen molar-refractivity contribution in [3.05, 3.63) is 47.1 Å². The molecule has 0 amide bonds. The van der Waals surface area contributed by atoms with Gasteiger partial charge in [0.25, 0.3) is 0 Å². The summed E-state index contributed by atoms with van der Waals surface area (Å²) in [6, 6.07) is 0. The lowest BCUT2D eigenvalue weighted by Gasteiger charge is -2.42. The Bertz CT molecular complexity index is 669. The third-order valence-corrected chi connectivity index (χ3v) is 4.69. The zero-order valence-electron chi connectivity index (χ0n) is 15.1. The lowest BCUT2D eigenvalue weighted by Crippen LogP contribution is -2.48. The number of hydrogen-bond acceptors (Lipinski definition) is 6. The third kappa shape index (κ3) is 2.25. The number of allylic oxidation sites excluding steroid dienone is 4. The quantitative estimate of drug-likeness (QED) is 0.717. The first-order valence-electron chi connectivity index (χ1n) is 8.13. The molecule has 2 heterocycles. The average Bonchev–Trinajstić information content (AvgIpc) is 2.51. The number of carbonyl (C=O) groups excluding carboxylic acids is 2. The molecule has 128 valence electrons. The summed E-state index contributed by atoms with van der Waals surface area (Å²) in [6.45, 7) is 3.92. The van der Waals surface area contributed by atoms with E-state index < -0.39 is 0 Å². The first kappa shape index (κ1) is 16.7. The van der Waals surface area contributed by atoms with Gasteiger partial charge < -0.3 is 0 Å². The summed E-state index contributed by atoms with van der Waals surface area (Å²) < 4.78 is 0. The molecule has 3 aliphatic rings. The van der Waals surface area contributed by atoms with Crippen LogP contribution in [0.3, 0.4) is 0 Å². The molecule has 0 spiro atoms. The molecule has 0 fully saturated rings. The molecule has 0 aromatic carbocycles. The van der Waals surface area contributed by atoms with Crippen molar-refractivity contribution in [3.8, 4) is 0 Å². The summed E-state index contributed by atoms with van der Waals surface area (Å²) >= 11 is 0. The maximum absolute atomic E-state index is 13.4. The maximum atomic E-state index is 13.4. The van der Waals surface area contributed by atoms with Crippen molar-refractivity contribution in [1.82, 2.24) is 20.0 Å². The number of rotatable bonds is 2. The van der Waals surface area contributed by atoms with Crippen molar-refractivity contribution in [2.24, 2.45) is 11.8 Å². The zero-order valence-corrected chi connectivity index (χ0v) is 15.1. The van der Waals surface area contributed by atoms with Crippen LogP contribution < -0.4 is 0 Å². The second-order valence-electron chi connectivity index (χ2n) is 6.83. The van der Waals surface area contributed by atoms with Gasteiger partial charge in [-0.1, -0.05) is 26.0 Å². The molecular weight excluding hydrogens is 304 g/mol. The minimum atomic E-state index is -0.102. The van der Waals surface area contributed by atoms with Crippen LogP contribution in [0.1, 0.15) is 13.8 Å². The Balaban J connectivity index is 2.19. The van der Waals surface area contributed by atoms with Crippen LogP contribution in [0.2, 0.25) is 0 Å². The van der Waals surface area contributed by atoms with Crippen molar-refractivity contribution in [2.45, 2.75) is 13.8 Å². The molecule has 6 heteroatoms. The molecule has 2 unspecified atom stereocenters. The molecule has 0 N–H and O–H groups in total. The van der Waals surface area contributed by atoms with E-state index >= 15 is 0 Å². The van der Waals surface area contributed by atoms with Crippen LogP contribution in [0, 0.1) is 11.8 Å². The van der Waals surface area contributed by atoms with E-state index in [0.717, 1.165) is 0 Å². The smallest absolute Gasteiger partial charge is 0.229 e. The Labute approximate surface area is 142 Å². The van der Waals surface area contributed by atoms with Crippen LogP contribution in [0.15, 0.2) is 47.1 Å². The Morgan fingerprint density at radius 3 is 1.46 bits per heavy atom. The Morgan fingerprint density at radius 1 is 0.750 bits per heavy atom. The van der Waals surface area contributed by atoms with Crippen molar-refractivity contribution < 1.29 is 9.59 Å². The standard InChI is InChI=1S/C18H24N4O2/c1-11-7-9-21(19(3)4)15-13(11)17(23)14-12(2)8-10-22(20(5)6)16(14)18(15)24/h7-12H,1-6H3. The highest BCUT2D eigenvalue weighted by Crippen LogP contribution is 2.40. The van der Waals surface area contributed by atoms with E-state index in [9.17, 15) is 9.59 Å². The van der Waals surface area contributed by atoms with Crippen molar-refractivity contribution >= 4 is 11.6 Å². The van der Waals surface area contributed by atoms with Crippen molar-refractivity contribution in [3.63, 3.8) is 0 Å². The van der Waals surface area contributed by atoms with Gasteiger partial charge in [-0.05, 0) is 0 Å². The van der Waals surface area contributed by atoms with E-state index in [1.807, 2.05) is 76.6 Å². The number of carbonyl (C=O) groups is 2. The fourth-order valence-electron chi connectivity index (χ4n) is 3.45. The lowest BCUT2D eigenvalue weighted by atomic mass is 9.77. The molecule has 0 aromatic rings. The highest BCUT2D eigenvalue weighted by atomic mass is 16.1. The predicted molar refractivity (Wildman–Crippen MR) is 91.7 cm³/mol. The number of hydrogen-bond donors (Lipinski definition) is 0. The monoisotopic (exact) mass is 328 g/mol. The van der Waals surface area contributed by atoms with E-state index in [0.29, 0.717) is 22.5 Å². The van der Waals surface area contributed by atoms with E-state index in [1.54, 1.807) is 10.0 Å². The first-order valence-corrected chi connectivity index (χ1v) is 8.13. The molecule has 3 rings (SSSR count). The fourth-order valence-corrected chi connectivity index (χ4v) is 3.45. The highest BCUT2D eigenvalue weighted by molar-refractivity contribution is 6.25. The molecule has 2 atom stereocenters. The summed E-state index contributed by atoms with van der Waals surface area (Å²) in [7, 11) is 7.44. The zero-order chi connectivity index (χ0) is 17.8. The van der Waals surface area contributed by atoms with Crippen LogP contribution in [0.4, 0.5) is 0 Å². The molecule has 0 bridgehead atoms. The molecule has 0 aromatic heterocycles. The second kappa shape index (κ2) is 5.72. The molecule has 0 saturated carbocycles. The fraction of sp³-hybridized carbons (Fsp3) is 0.444. The van der Waals surface area contributed by atoms with Gasteiger partial charge in [0.05, 0.1) is 0 Å². The van der Waals surface area contributed by atoms with Gasteiger partial charge in [0.1, 0.15) is 11.4 Å². The van der Waals surface area contributed by atoms with Crippen LogP contribution in [0.5, 0.6) is 0 Å². The molecule has 2 aliphatic heterocycles.